The molecular weight excluding hydrogens is 336 g/mol. The lowest BCUT2D eigenvalue weighted by molar-refractivity contribution is 0.0844. The number of carbonyl (C=O) groups is 1. The van der Waals surface area contributed by atoms with Crippen LogP contribution in [-0.4, -0.2) is 16.4 Å². The molecule has 1 aromatic rings. The van der Waals surface area contributed by atoms with Crippen molar-refractivity contribution in [2.45, 2.75) is 31.7 Å². The maximum Gasteiger partial charge on any atom is 0.271 e. The Kier molecular flexibility index (Phi) is 3.35. The average Bonchev–Trinajstić information content (AvgIpc) is 2.14. The molecule has 1 aromatic heterocycles. The number of nitrogens with one attached hydrogen (secondary N) is 1. The Hall–Kier alpha value is -0.420. The van der Waals surface area contributed by atoms with Crippen molar-refractivity contribution < 1.29 is 4.79 Å². The van der Waals surface area contributed by atoms with Gasteiger partial charge in [0, 0.05) is 16.2 Å². The number of hydrogen-bond acceptors (Lipinski definition) is 2. The summed E-state index contributed by atoms with van der Waals surface area (Å²) in [4.78, 5) is 16.1. The average molecular weight is 348 g/mol. The fraction of sp³-hybridized carbons (Fsp3) is 0.455. The van der Waals surface area contributed by atoms with Crippen LogP contribution in [0.5, 0.6) is 0 Å². The summed E-state index contributed by atoms with van der Waals surface area (Å²) in [6.07, 6.45) is 4.91. The molecule has 3 nitrogen and oxygen atoms in total. The third-order valence-corrected chi connectivity index (χ3v) is 3.93. The first-order valence-electron chi connectivity index (χ1n) is 5.14. The standard InChI is InChI=1S/C11H12Br2N2O/c1-11(3-2-4-11)15-10(16)9-8(13)5-7(12)6-14-9/h5-6H,2-4H2,1H3,(H,15,16). The van der Waals surface area contributed by atoms with Crippen molar-refractivity contribution in [1.82, 2.24) is 10.3 Å². The zero-order valence-corrected chi connectivity index (χ0v) is 12.1. The molecule has 0 spiro atoms. The minimum absolute atomic E-state index is 0.0364. The van der Waals surface area contributed by atoms with E-state index in [0.29, 0.717) is 10.2 Å². The maximum absolute atomic E-state index is 12.0. The van der Waals surface area contributed by atoms with E-state index in [1.165, 1.54) is 6.42 Å². The van der Waals surface area contributed by atoms with Gasteiger partial charge in [0.25, 0.3) is 5.91 Å². The lowest BCUT2D eigenvalue weighted by Gasteiger charge is -2.39. The molecular formula is C11H12Br2N2O. The minimum Gasteiger partial charge on any atom is -0.346 e. The predicted octanol–water partition coefficient (Wildman–Crippen LogP) is 3.28. The molecule has 0 unspecified atom stereocenters. The lowest BCUT2D eigenvalue weighted by atomic mass is 9.78. The Morgan fingerprint density at radius 1 is 1.50 bits per heavy atom. The molecule has 1 N–H and O–H groups in total. The topological polar surface area (TPSA) is 42.0 Å². The van der Waals surface area contributed by atoms with Crippen LogP contribution in [0.3, 0.4) is 0 Å². The van der Waals surface area contributed by atoms with Crippen molar-refractivity contribution >= 4 is 37.8 Å². The van der Waals surface area contributed by atoms with E-state index in [1.54, 1.807) is 6.20 Å². The largest absolute Gasteiger partial charge is 0.346 e. The van der Waals surface area contributed by atoms with E-state index < -0.39 is 0 Å². The number of carbonyl (C=O) groups excluding carboxylic acids is 1. The molecule has 1 aliphatic carbocycles. The van der Waals surface area contributed by atoms with Crippen LogP contribution >= 0.6 is 31.9 Å². The molecule has 0 saturated heterocycles. The van der Waals surface area contributed by atoms with E-state index in [-0.39, 0.29) is 11.4 Å². The van der Waals surface area contributed by atoms with Gasteiger partial charge in [-0.3, -0.25) is 4.79 Å². The summed E-state index contributed by atoms with van der Waals surface area (Å²) < 4.78 is 1.56. The summed E-state index contributed by atoms with van der Waals surface area (Å²) in [6.45, 7) is 2.07. The molecule has 2 rings (SSSR count). The lowest BCUT2D eigenvalue weighted by Crippen LogP contribution is -2.51. The second-order valence-electron chi connectivity index (χ2n) is 4.35. The van der Waals surface area contributed by atoms with Crippen LogP contribution < -0.4 is 5.32 Å². The Morgan fingerprint density at radius 2 is 2.19 bits per heavy atom. The highest BCUT2D eigenvalue weighted by Gasteiger charge is 2.34. The van der Waals surface area contributed by atoms with Crippen molar-refractivity contribution in [2.75, 3.05) is 0 Å². The van der Waals surface area contributed by atoms with E-state index in [0.717, 1.165) is 17.3 Å². The molecule has 1 heterocycles. The normalized spacial score (nSPS) is 17.7. The van der Waals surface area contributed by atoms with E-state index in [1.807, 2.05) is 6.07 Å². The van der Waals surface area contributed by atoms with Gasteiger partial charge < -0.3 is 5.32 Å². The van der Waals surface area contributed by atoms with Crippen LogP contribution in [0.25, 0.3) is 0 Å². The maximum atomic E-state index is 12.0. The van der Waals surface area contributed by atoms with E-state index in [9.17, 15) is 4.79 Å². The molecule has 0 aliphatic heterocycles. The number of amides is 1. The molecule has 5 heteroatoms. The first-order valence-corrected chi connectivity index (χ1v) is 6.72. The predicted molar refractivity (Wildman–Crippen MR) is 69.4 cm³/mol. The van der Waals surface area contributed by atoms with Gasteiger partial charge >= 0.3 is 0 Å². The Bertz CT molecular complexity index is 430. The third kappa shape index (κ3) is 2.46. The number of halogens is 2. The van der Waals surface area contributed by atoms with Crippen molar-refractivity contribution in [2.24, 2.45) is 0 Å². The molecule has 16 heavy (non-hydrogen) atoms. The molecule has 1 aliphatic rings. The number of pyridine rings is 1. The number of aromatic nitrogens is 1. The van der Waals surface area contributed by atoms with Gasteiger partial charge in [-0.05, 0) is 64.1 Å². The molecule has 0 aromatic carbocycles. The first-order chi connectivity index (χ1) is 7.50. The highest BCUT2D eigenvalue weighted by Crippen LogP contribution is 2.31. The molecule has 0 radical (unpaired) electrons. The van der Waals surface area contributed by atoms with Crippen molar-refractivity contribution in [3.8, 4) is 0 Å². The zero-order chi connectivity index (χ0) is 11.8. The van der Waals surface area contributed by atoms with Crippen molar-refractivity contribution in [3.05, 3.63) is 26.9 Å². The Morgan fingerprint density at radius 3 is 2.69 bits per heavy atom. The molecule has 0 atom stereocenters. The van der Waals surface area contributed by atoms with E-state index in [2.05, 4.69) is 49.1 Å². The second kappa shape index (κ2) is 4.45. The van der Waals surface area contributed by atoms with Gasteiger partial charge in [0.1, 0.15) is 5.69 Å². The van der Waals surface area contributed by atoms with Crippen molar-refractivity contribution in [3.63, 3.8) is 0 Å². The van der Waals surface area contributed by atoms with Gasteiger partial charge in [0.2, 0.25) is 0 Å². The highest BCUT2D eigenvalue weighted by atomic mass is 79.9. The summed E-state index contributed by atoms with van der Waals surface area (Å²) in [5, 5.41) is 3.02. The van der Waals surface area contributed by atoms with Crippen LogP contribution in [-0.2, 0) is 0 Å². The smallest absolute Gasteiger partial charge is 0.271 e. The van der Waals surface area contributed by atoms with Crippen LogP contribution in [0, 0.1) is 0 Å². The van der Waals surface area contributed by atoms with E-state index in [4.69, 9.17) is 0 Å². The molecule has 1 saturated carbocycles. The van der Waals surface area contributed by atoms with E-state index >= 15 is 0 Å². The van der Waals surface area contributed by atoms with Gasteiger partial charge in [0.05, 0.1) is 4.47 Å². The van der Waals surface area contributed by atoms with Crippen LogP contribution in [0.2, 0.25) is 0 Å². The molecule has 0 bridgehead atoms. The number of hydrogen-bond donors (Lipinski definition) is 1. The summed E-state index contributed by atoms with van der Waals surface area (Å²) >= 11 is 6.65. The van der Waals surface area contributed by atoms with Crippen LogP contribution in [0.15, 0.2) is 21.2 Å². The quantitative estimate of drug-likeness (QED) is 0.892. The Balaban J connectivity index is 2.14. The Labute approximate surface area is 111 Å². The molecule has 86 valence electrons. The highest BCUT2D eigenvalue weighted by molar-refractivity contribution is 9.11. The molecule has 1 fully saturated rings. The van der Waals surface area contributed by atoms with Crippen molar-refractivity contribution in [1.29, 1.82) is 0 Å². The summed E-state index contributed by atoms with van der Waals surface area (Å²) in [6, 6.07) is 1.82. The fourth-order valence-electron chi connectivity index (χ4n) is 1.75. The van der Waals surface area contributed by atoms with Gasteiger partial charge in [-0.1, -0.05) is 0 Å². The summed E-state index contributed by atoms with van der Waals surface area (Å²) in [5.74, 6) is -0.110. The third-order valence-electron chi connectivity index (χ3n) is 2.90. The van der Waals surface area contributed by atoms with Crippen LogP contribution in [0.1, 0.15) is 36.7 Å². The van der Waals surface area contributed by atoms with Gasteiger partial charge in [-0.25, -0.2) is 4.98 Å². The number of rotatable bonds is 2. The van der Waals surface area contributed by atoms with Crippen LogP contribution in [0.4, 0.5) is 0 Å². The number of nitrogens with zero attached hydrogens (tertiary/aromatic N) is 1. The SMILES string of the molecule is CC1(NC(=O)c2ncc(Br)cc2Br)CCC1. The molecule has 1 amide bonds. The van der Waals surface area contributed by atoms with Gasteiger partial charge in [-0.2, -0.15) is 0 Å². The second-order valence-corrected chi connectivity index (χ2v) is 6.12. The fourth-order valence-corrected chi connectivity index (χ4v) is 2.91. The monoisotopic (exact) mass is 346 g/mol. The minimum atomic E-state index is -0.110. The van der Waals surface area contributed by atoms with Gasteiger partial charge in [-0.15, -0.1) is 0 Å². The zero-order valence-electron chi connectivity index (χ0n) is 8.89. The first kappa shape index (κ1) is 12.0. The van der Waals surface area contributed by atoms with Gasteiger partial charge in [0.15, 0.2) is 0 Å². The summed E-state index contributed by atoms with van der Waals surface area (Å²) in [7, 11) is 0. The summed E-state index contributed by atoms with van der Waals surface area (Å²) in [5.41, 5.74) is 0.405.